The molecule has 0 atom stereocenters. The van der Waals surface area contributed by atoms with E-state index in [-0.39, 0.29) is 5.91 Å². The fourth-order valence-electron chi connectivity index (χ4n) is 2.36. The lowest BCUT2D eigenvalue weighted by Crippen LogP contribution is -2.16. The van der Waals surface area contributed by atoms with Gasteiger partial charge in [-0.1, -0.05) is 6.92 Å². The number of carbonyl (C=O) groups is 1. The molecule has 1 amide bonds. The summed E-state index contributed by atoms with van der Waals surface area (Å²) in [5, 5.41) is 15.9. The number of aromatic nitrogens is 2. The zero-order valence-corrected chi connectivity index (χ0v) is 16.6. The average molecular weight is 421 g/mol. The molecule has 7 nitrogen and oxygen atoms in total. The smallest absolute Gasteiger partial charge is 0.256 e. The Bertz CT molecular complexity index is 827. The fraction of sp³-hybridized carbons (Fsp3) is 0.389. The van der Waals surface area contributed by atoms with Gasteiger partial charge >= 0.3 is 0 Å². The molecule has 1 heterocycles. The number of nitrogens with zero attached hydrogens (tertiary/aromatic N) is 3. The molecule has 0 saturated heterocycles. The second kappa shape index (κ2) is 9.25. The van der Waals surface area contributed by atoms with E-state index in [0.29, 0.717) is 46.9 Å². The van der Waals surface area contributed by atoms with E-state index in [1.807, 2.05) is 13.8 Å². The maximum Gasteiger partial charge on any atom is 0.256 e. The van der Waals surface area contributed by atoms with Crippen LogP contribution in [0.1, 0.15) is 35.8 Å². The molecule has 2 rings (SSSR count). The fourth-order valence-corrected chi connectivity index (χ4v) is 2.91. The molecule has 0 spiro atoms. The molecule has 0 aliphatic heterocycles. The van der Waals surface area contributed by atoms with Gasteiger partial charge in [-0.15, -0.1) is 0 Å². The van der Waals surface area contributed by atoms with Crippen LogP contribution in [0.25, 0.3) is 0 Å². The predicted octanol–water partition coefficient (Wildman–Crippen LogP) is 3.92. The van der Waals surface area contributed by atoms with Crippen molar-refractivity contribution in [1.29, 1.82) is 5.26 Å². The third kappa shape index (κ3) is 4.76. The number of hydrogen-bond acceptors (Lipinski definition) is 5. The van der Waals surface area contributed by atoms with Gasteiger partial charge in [-0.3, -0.25) is 4.79 Å². The highest BCUT2D eigenvalue weighted by Crippen LogP contribution is 2.37. The van der Waals surface area contributed by atoms with Crippen molar-refractivity contribution in [2.45, 2.75) is 33.2 Å². The molecular weight excluding hydrogens is 400 g/mol. The normalized spacial score (nSPS) is 10.3. The van der Waals surface area contributed by atoms with Crippen molar-refractivity contribution in [3.63, 3.8) is 0 Å². The minimum absolute atomic E-state index is 0.302. The summed E-state index contributed by atoms with van der Waals surface area (Å²) in [5.74, 6) is 1.29. The number of nitrogens with one attached hydrogen (secondary N) is 1. The number of nitriles is 1. The summed E-state index contributed by atoms with van der Waals surface area (Å²) < 4.78 is 13.3. The second-order valence-electron chi connectivity index (χ2n) is 5.59. The van der Waals surface area contributed by atoms with Crippen LogP contribution in [0, 0.1) is 18.3 Å². The van der Waals surface area contributed by atoms with E-state index in [2.05, 4.69) is 32.4 Å². The van der Waals surface area contributed by atoms with Gasteiger partial charge in [-0.2, -0.15) is 10.4 Å². The first-order chi connectivity index (χ1) is 12.5. The van der Waals surface area contributed by atoms with Crippen LogP contribution in [-0.2, 0) is 6.54 Å². The number of hydrogen-bond donors (Lipinski definition) is 1. The Morgan fingerprint density at radius 1 is 1.42 bits per heavy atom. The lowest BCUT2D eigenvalue weighted by molar-refractivity contribution is 0.102. The zero-order chi connectivity index (χ0) is 19.1. The number of anilines is 1. The van der Waals surface area contributed by atoms with Crippen molar-refractivity contribution in [2.24, 2.45) is 0 Å². The van der Waals surface area contributed by atoms with Gasteiger partial charge in [0, 0.05) is 11.6 Å². The standard InChI is InChI=1S/C18H21BrN4O3/c1-4-8-26-17-14(19)10-13(11-15(17)25-3)18(24)21-16-9-12(2)22-23(16)7-5-6-20/h9-11H,4-5,7-8H2,1-3H3,(H,21,24). The maximum atomic E-state index is 12.7. The average Bonchev–Trinajstić information content (AvgIpc) is 2.97. The number of ether oxygens (including phenoxy) is 2. The van der Waals surface area contributed by atoms with E-state index in [0.717, 1.165) is 12.1 Å². The number of carbonyl (C=O) groups excluding carboxylic acids is 1. The molecule has 1 N–H and O–H groups in total. The number of rotatable bonds is 8. The largest absolute Gasteiger partial charge is 0.493 e. The summed E-state index contributed by atoms with van der Waals surface area (Å²) in [6.07, 6.45) is 1.18. The topological polar surface area (TPSA) is 89.2 Å². The van der Waals surface area contributed by atoms with Crippen molar-refractivity contribution >= 4 is 27.7 Å². The Morgan fingerprint density at radius 2 is 2.19 bits per heavy atom. The first-order valence-electron chi connectivity index (χ1n) is 8.23. The van der Waals surface area contributed by atoms with Crippen LogP contribution in [0.2, 0.25) is 0 Å². The quantitative estimate of drug-likeness (QED) is 0.698. The van der Waals surface area contributed by atoms with Crippen LogP contribution in [0.5, 0.6) is 11.5 Å². The van der Waals surface area contributed by atoms with Crippen molar-refractivity contribution in [2.75, 3.05) is 19.0 Å². The number of halogens is 1. The Balaban J connectivity index is 2.25. The van der Waals surface area contributed by atoms with E-state index in [9.17, 15) is 4.79 Å². The highest BCUT2D eigenvalue weighted by molar-refractivity contribution is 9.10. The summed E-state index contributed by atoms with van der Waals surface area (Å²) in [6.45, 7) is 4.81. The molecule has 0 saturated carbocycles. The summed E-state index contributed by atoms with van der Waals surface area (Å²) in [5.41, 5.74) is 1.18. The highest BCUT2D eigenvalue weighted by Gasteiger charge is 2.17. The van der Waals surface area contributed by atoms with Crippen LogP contribution in [0.15, 0.2) is 22.7 Å². The maximum absolute atomic E-state index is 12.7. The van der Waals surface area contributed by atoms with E-state index in [1.165, 1.54) is 7.11 Å². The SMILES string of the molecule is CCCOc1c(Br)cc(C(=O)Nc2cc(C)nn2CCC#N)cc1OC. The van der Waals surface area contributed by atoms with Crippen LogP contribution < -0.4 is 14.8 Å². The number of benzene rings is 1. The molecule has 0 bridgehead atoms. The molecule has 0 fully saturated rings. The van der Waals surface area contributed by atoms with Crippen LogP contribution in [-0.4, -0.2) is 29.4 Å². The van der Waals surface area contributed by atoms with Crippen molar-refractivity contribution < 1.29 is 14.3 Å². The minimum Gasteiger partial charge on any atom is -0.493 e. The summed E-state index contributed by atoms with van der Waals surface area (Å²) in [7, 11) is 1.53. The van der Waals surface area contributed by atoms with Gasteiger partial charge in [-0.05, 0) is 41.4 Å². The number of aryl methyl sites for hydroxylation is 2. The molecule has 138 valence electrons. The Hall–Kier alpha value is -2.53. The first-order valence-corrected chi connectivity index (χ1v) is 9.02. The van der Waals surface area contributed by atoms with Gasteiger partial charge in [0.2, 0.25) is 0 Å². The van der Waals surface area contributed by atoms with E-state index >= 15 is 0 Å². The highest BCUT2D eigenvalue weighted by atomic mass is 79.9. The minimum atomic E-state index is -0.302. The molecule has 1 aromatic carbocycles. The Kier molecular flexibility index (Phi) is 7.04. The molecule has 1 aromatic heterocycles. The van der Waals surface area contributed by atoms with Gasteiger partial charge in [-0.25, -0.2) is 4.68 Å². The molecular formula is C18H21BrN4O3. The van der Waals surface area contributed by atoms with Gasteiger partial charge in [0.1, 0.15) is 5.82 Å². The van der Waals surface area contributed by atoms with Gasteiger partial charge in [0.05, 0.1) is 42.9 Å². The second-order valence-corrected chi connectivity index (χ2v) is 6.45. The number of methoxy groups -OCH3 is 1. The summed E-state index contributed by atoms with van der Waals surface area (Å²) >= 11 is 3.44. The Labute approximate surface area is 161 Å². The third-order valence-corrected chi connectivity index (χ3v) is 4.11. The van der Waals surface area contributed by atoms with Crippen LogP contribution in [0.4, 0.5) is 5.82 Å². The number of amides is 1. The molecule has 0 unspecified atom stereocenters. The third-order valence-electron chi connectivity index (χ3n) is 3.52. The zero-order valence-electron chi connectivity index (χ0n) is 15.0. The van der Waals surface area contributed by atoms with E-state index in [4.69, 9.17) is 14.7 Å². The molecule has 0 aliphatic rings. The lowest BCUT2D eigenvalue weighted by Gasteiger charge is -2.14. The molecule has 2 aromatic rings. The van der Waals surface area contributed by atoms with E-state index < -0.39 is 0 Å². The molecule has 0 radical (unpaired) electrons. The Morgan fingerprint density at radius 3 is 2.85 bits per heavy atom. The van der Waals surface area contributed by atoms with Gasteiger partial charge < -0.3 is 14.8 Å². The summed E-state index contributed by atoms with van der Waals surface area (Å²) in [4.78, 5) is 12.7. The van der Waals surface area contributed by atoms with Crippen molar-refractivity contribution in [3.8, 4) is 17.6 Å². The van der Waals surface area contributed by atoms with Crippen LogP contribution >= 0.6 is 15.9 Å². The van der Waals surface area contributed by atoms with Crippen molar-refractivity contribution in [3.05, 3.63) is 33.9 Å². The van der Waals surface area contributed by atoms with E-state index in [1.54, 1.807) is 22.9 Å². The molecule has 26 heavy (non-hydrogen) atoms. The monoisotopic (exact) mass is 420 g/mol. The van der Waals surface area contributed by atoms with Crippen LogP contribution in [0.3, 0.4) is 0 Å². The van der Waals surface area contributed by atoms with Gasteiger partial charge in [0.25, 0.3) is 5.91 Å². The molecule has 0 aliphatic carbocycles. The van der Waals surface area contributed by atoms with Crippen molar-refractivity contribution in [1.82, 2.24) is 9.78 Å². The van der Waals surface area contributed by atoms with Gasteiger partial charge in [0.15, 0.2) is 11.5 Å². The molecule has 8 heteroatoms. The lowest BCUT2D eigenvalue weighted by atomic mass is 10.2. The summed E-state index contributed by atoms with van der Waals surface area (Å²) in [6, 6.07) is 7.16. The first kappa shape index (κ1) is 19.8. The predicted molar refractivity (Wildman–Crippen MR) is 102 cm³/mol.